The quantitative estimate of drug-likeness (QED) is 0.753. The number of aliphatic hydroxyl groups is 1. The minimum Gasteiger partial charge on any atom is -0.393 e. The van der Waals surface area contributed by atoms with Crippen molar-refractivity contribution in [1.82, 2.24) is 4.98 Å². The fourth-order valence-corrected chi connectivity index (χ4v) is 2.70. The van der Waals surface area contributed by atoms with Gasteiger partial charge in [-0.25, -0.2) is 0 Å². The average molecular weight is 215 g/mol. The highest BCUT2D eigenvalue weighted by Gasteiger charge is 2.21. The summed E-state index contributed by atoms with van der Waals surface area (Å²) in [6.45, 7) is 0. The molecule has 0 bridgehead atoms. The van der Waals surface area contributed by atoms with Crippen molar-refractivity contribution < 1.29 is 5.11 Å². The molecule has 1 aromatic carbocycles. The lowest BCUT2D eigenvalue weighted by Crippen LogP contribution is -2.17. The van der Waals surface area contributed by atoms with Crippen molar-refractivity contribution in [2.24, 2.45) is 0 Å². The monoisotopic (exact) mass is 215 g/mol. The molecule has 2 nitrogen and oxygen atoms in total. The lowest BCUT2D eigenvalue weighted by molar-refractivity contribution is 0.122. The highest BCUT2D eigenvalue weighted by Crippen LogP contribution is 2.33. The number of aromatic nitrogens is 1. The molecule has 1 aliphatic rings. The Hall–Kier alpha value is -1.28. The molecular formula is C14H17NO. The van der Waals surface area contributed by atoms with Crippen LogP contribution in [0.2, 0.25) is 0 Å². The van der Waals surface area contributed by atoms with E-state index in [9.17, 15) is 5.11 Å². The van der Waals surface area contributed by atoms with Crippen LogP contribution in [0, 0.1) is 0 Å². The zero-order chi connectivity index (χ0) is 11.0. The molecule has 1 saturated carbocycles. The molecule has 0 atom stereocenters. The van der Waals surface area contributed by atoms with Crippen LogP contribution >= 0.6 is 0 Å². The molecule has 0 spiro atoms. The van der Waals surface area contributed by atoms with E-state index in [-0.39, 0.29) is 6.10 Å². The Morgan fingerprint density at radius 2 is 1.81 bits per heavy atom. The molecule has 3 rings (SSSR count). The van der Waals surface area contributed by atoms with Gasteiger partial charge in [-0.2, -0.15) is 0 Å². The van der Waals surface area contributed by atoms with Crippen LogP contribution in [0.25, 0.3) is 10.9 Å². The number of benzene rings is 1. The summed E-state index contributed by atoms with van der Waals surface area (Å²) < 4.78 is 0. The smallest absolute Gasteiger partial charge is 0.0540 e. The van der Waals surface area contributed by atoms with Gasteiger partial charge in [0.1, 0.15) is 0 Å². The Morgan fingerprint density at radius 3 is 2.56 bits per heavy atom. The Morgan fingerprint density at radius 1 is 1.06 bits per heavy atom. The van der Waals surface area contributed by atoms with Crippen LogP contribution in [0.4, 0.5) is 0 Å². The molecule has 2 heteroatoms. The van der Waals surface area contributed by atoms with Gasteiger partial charge < -0.3 is 10.1 Å². The van der Waals surface area contributed by atoms with Gasteiger partial charge in [0.25, 0.3) is 0 Å². The summed E-state index contributed by atoms with van der Waals surface area (Å²) in [5.41, 5.74) is 2.57. The molecule has 1 fully saturated rings. The van der Waals surface area contributed by atoms with E-state index < -0.39 is 0 Å². The van der Waals surface area contributed by atoms with Crippen LogP contribution < -0.4 is 0 Å². The van der Waals surface area contributed by atoms with Crippen LogP contribution in [-0.4, -0.2) is 16.2 Å². The van der Waals surface area contributed by atoms with Gasteiger partial charge in [-0.15, -0.1) is 0 Å². The maximum atomic E-state index is 9.50. The Bertz CT molecular complexity index is 447. The molecule has 0 aliphatic heterocycles. The Kier molecular flexibility index (Phi) is 2.44. The molecule has 2 N–H and O–H groups in total. The van der Waals surface area contributed by atoms with E-state index in [2.05, 4.69) is 35.3 Å². The number of fused-ring (bicyclic) bond motifs is 1. The minimum absolute atomic E-state index is 0.0689. The van der Waals surface area contributed by atoms with Crippen molar-refractivity contribution in [1.29, 1.82) is 0 Å². The number of para-hydroxylation sites is 1. The lowest BCUT2D eigenvalue weighted by Gasteiger charge is -2.24. The second-order valence-electron chi connectivity index (χ2n) is 4.82. The summed E-state index contributed by atoms with van der Waals surface area (Å²) in [4.78, 5) is 3.50. The lowest BCUT2D eigenvalue weighted by atomic mass is 9.85. The number of rotatable bonds is 1. The van der Waals surface area contributed by atoms with Gasteiger partial charge >= 0.3 is 0 Å². The summed E-state index contributed by atoms with van der Waals surface area (Å²) in [6.07, 6.45) is 4.03. The molecule has 0 unspecified atom stereocenters. The molecule has 16 heavy (non-hydrogen) atoms. The van der Waals surface area contributed by atoms with E-state index >= 15 is 0 Å². The summed E-state index contributed by atoms with van der Waals surface area (Å²) in [7, 11) is 0. The van der Waals surface area contributed by atoms with Crippen molar-refractivity contribution in [2.45, 2.75) is 37.7 Å². The highest BCUT2D eigenvalue weighted by molar-refractivity contribution is 5.80. The molecule has 0 amide bonds. The average Bonchev–Trinajstić information content (AvgIpc) is 2.73. The first-order chi connectivity index (χ1) is 7.83. The van der Waals surface area contributed by atoms with E-state index in [1.54, 1.807) is 0 Å². The topological polar surface area (TPSA) is 36.0 Å². The fourth-order valence-electron chi connectivity index (χ4n) is 2.70. The van der Waals surface area contributed by atoms with Crippen LogP contribution in [0.15, 0.2) is 30.3 Å². The van der Waals surface area contributed by atoms with E-state index in [0.29, 0.717) is 5.92 Å². The maximum absolute atomic E-state index is 9.50. The minimum atomic E-state index is -0.0689. The number of hydrogen-bond donors (Lipinski definition) is 2. The highest BCUT2D eigenvalue weighted by atomic mass is 16.3. The van der Waals surface area contributed by atoms with Crippen molar-refractivity contribution in [3.05, 3.63) is 36.0 Å². The standard InChI is InChI=1S/C14H17NO/c16-12-7-5-10(6-8-12)14-9-11-3-1-2-4-13(11)15-14/h1-4,9-10,12,15-16H,5-8H2. The third-order valence-electron chi connectivity index (χ3n) is 3.69. The number of aromatic amines is 1. The Balaban J connectivity index is 1.88. The molecule has 0 saturated heterocycles. The summed E-state index contributed by atoms with van der Waals surface area (Å²) in [5, 5.41) is 10.8. The Labute approximate surface area is 95.3 Å². The number of nitrogens with one attached hydrogen (secondary N) is 1. The molecule has 1 heterocycles. The first-order valence-corrected chi connectivity index (χ1v) is 6.08. The normalized spacial score (nSPS) is 26.1. The SMILES string of the molecule is OC1CCC(c2cc3ccccc3[nH]2)CC1. The summed E-state index contributed by atoms with van der Waals surface area (Å²) in [5.74, 6) is 0.607. The van der Waals surface area contributed by atoms with Gasteiger partial charge in [-0.1, -0.05) is 18.2 Å². The second kappa shape index (κ2) is 3.95. The van der Waals surface area contributed by atoms with E-state index in [4.69, 9.17) is 0 Å². The number of H-pyrrole nitrogens is 1. The third-order valence-corrected chi connectivity index (χ3v) is 3.69. The van der Waals surface area contributed by atoms with Crippen molar-refractivity contribution in [3.8, 4) is 0 Å². The van der Waals surface area contributed by atoms with Gasteiger partial charge in [-0.3, -0.25) is 0 Å². The summed E-state index contributed by atoms with van der Waals surface area (Å²) in [6, 6.07) is 10.7. The second-order valence-corrected chi connectivity index (χ2v) is 4.82. The maximum Gasteiger partial charge on any atom is 0.0540 e. The largest absolute Gasteiger partial charge is 0.393 e. The van der Waals surface area contributed by atoms with Gasteiger partial charge in [0.15, 0.2) is 0 Å². The van der Waals surface area contributed by atoms with Crippen molar-refractivity contribution in [3.63, 3.8) is 0 Å². The predicted molar refractivity (Wildman–Crippen MR) is 65.5 cm³/mol. The number of aliphatic hydroxyl groups excluding tert-OH is 1. The van der Waals surface area contributed by atoms with Gasteiger partial charge in [-0.05, 0) is 49.1 Å². The van der Waals surface area contributed by atoms with E-state index in [1.165, 1.54) is 16.6 Å². The van der Waals surface area contributed by atoms with E-state index in [0.717, 1.165) is 25.7 Å². The number of hydrogen-bond acceptors (Lipinski definition) is 1. The van der Waals surface area contributed by atoms with Crippen LogP contribution in [0.3, 0.4) is 0 Å². The zero-order valence-corrected chi connectivity index (χ0v) is 9.32. The zero-order valence-electron chi connectivity index (χ0n) is 9.32. The van der Waals surface area contributed by atoms with Gasteiger partial charge in [0.05, 0.1) is 6.10 Å². The van der Waals surface area contributed by atoms with Crippen LogP contribution in [0.5, 0.6) is 0 Å². The first kappa shape index (κ1) is 9.91. The van der Waals surface area contributed by atoms with Crippen LogP contribution in [0.1, 0.15) is 37.3 Å². The molecule has 2 aromatic rings. The van der Waals surface area contributed by atoms with E-state index in [1.807, 2.05) is 0 Å². The third kappa shape index (κ3) is 1.74. The van der Waals surface area contributed by atoms with Gasteiger partial charge in [0.2, 0.25) is 0 Å². The molecule has 1 aliphatic carbocycles. The molecular weight excluding hydrogens is 198 g/mol. The van der Waals surface area contributed by atoms with Crippen molar-refractivity contribution >= 4 is 10.9 Å². The first-order valence-electron chi connectivity index (χ1n) is 6.08. The summed E-state index contributed by atoms with van der Waals surface area (Å²) >= 11 is 0. The predicted octanol–water partition coefficient (Wildman–Crippen LogP) is 3.19. The van der Waals surface area contributed by atoms with Gasteiger partial charge in [0, 0.05) is 11.2 Å². The molecule has 84 valence electrons. The molecule has 1 aromatic heterocycles. The van der Waals surface area contributed by atoms with Crippen LogP contribution in [-0.2, 0) is 0 Å². The molecule has 0 radical (unpaired) electrons. The van der Waals surface area contributed by atoms with Crippen molar-refractivity contribution in [2.75, 3.05) is 0 Å². The fraction of sp³-hybridized carbons (Fsp3) is 0.429.